The molecule has 0 unspecified atom stereocenters. The van der Waals surface area contributed by atoms with Crippen molar-refractivity contribution in [2.24, 2.45) is 5.10 Å². The van der Waals surface area contributed by atoms with Crippen LogP contribution in [0, 0.1) is 0 Å². The molecule has 5 aromatic rings. The monoisotopic (exact) mass is 431 g/mol. The van der Waals surface area contributed by atoms with Gasteiger partial charge in [-0.1, -0.05) is 84.9 Å². The number of fused-ring (bicyclic) bond motifs is 1. The first kappa shape index (κ1) is 20.4. The number of ether oxygens (including phenoxy) is 1. The summed E-state index contributed by atoms with van der Waals surface area (Å²) >= 11 is 0. The largest absolute Gasteiger partial charge is 0.489 e. The van der Waals surface area contributed by atoms with Crippen LogP contribution in [0.3, 0.4) is 0 Å². The van der Waals surface area contributed by atoms with E-state index in [1.807, 2.05) is 103 Å². The summed E-state index contributed by atoms with van der Waals surface area (Å²) in [7, 11) is 0. The molecular weight excluding hydrogens is 410 g/mol. The fraction of sp³-hybridized carbons (Fsp3) is 0.0357. The summed E-state index contributed by atoms with van der Waals surface area (Å²) in [6.07, 6.45) is 1.65. The van der Waals surface area contributed by atoms with Gasteiger partial charge in [0, 0.05) is 5.56 Å². The zero-order valence-corrected chi connectivity index (χ0v) is 17.8. The Morgan fingerprint density at radius 1 is 0.818 bits per heavy atom. The van der Waals surface area contributed by atoms with E-state index in [2.05, 4.69) is 5.10 Å². The van der Waals surface area contributed by atoms with E-state index in [1.54, 1.807) is 12.3 Å². The van der Waals surface area contributed by atoms with Crippen LogP contribution in [0.15, 0.2) is 119 Å². The van der Waals surface area contributed by atoms with Crippen LogP contribution in [-0.4, -0.2) is 15.9 Å². The lowest BCUT2D eigenvalue weighted by atomic mass is 10.2. The number of hydrogen-bond donors (Lipinski definition) is 0. The second-order valence-electron chi connectivity index (χ2n) is 7.53. The maximum Gasteiger partial charge on any atom is 0.282 e. The smallest absolute Gasteiger partial charge is 0.282 e. The van der Waals surface area contributed by atoms with Crippen LogP contribution in [0.2, 0.25) is 0 Å². The lowest BCUT2D eigenvalue weighted by Crippen LogP contribution is -2.20. The molecule has 1 heterocycles. The molecule has 0 aliphatic heterocycles. The van der Waals surface area contributed by atoms with Crippen molar-refractivity contribution in [3.05, 3.63) is 131 Å². The molecule has 5 heteroatoms. The van der Waals surface area contributed by atoms with Crippen molar-refractivity contribution in [2.75, 3.05) is 0 Å². The molecule has 5 nitrogen and oxygen atoms in total. The van der Waals surface area contributed by atoms with Gasteiger partial charge >= 0.3 is 0 Å². The highest BCUT2D eigenvalue weighted by Crippen LogP contribution is 2.19. The molecule has 0 spiro atoms. The molecule has 0 bridgehead atoms. The molecule has 33 heavy (non-hydrogen) atoms. The standard InChI is InChI=1S/C28H21N3O2/c32-28-25-16-7-8-17-26(25)30-27(23-13-5-2-6-14-23)31(28)29-19-22-12-9-15-24(18-22)33-20-21-10-3-1-4-11-21/h1-19H,20H2/b29-19+. The van der Waals surface area contributed by atoms with E-state index < -0.39 is 0 Å². The molecule has 1 aromatic heterocycles. The van der Waals surface area contributed by atoms with Crippen LogP contribution >= 0.6 is 0 Å². The normalized spacial score (nSPS) is 11.2. The highest BCUT2D eigenvalue weighted by Gasteiger charge is 2.12. The van der Waals surface area contributed by atoms with Gasteiger partial charge in [0.05, 0.1) is 17.1 Å². The molecule has 0 atom stereocenters. The van der Waals surface area contributed by atoms with Crippen molar-refractivity contribution in [2.45, 2.75) is 6.61 Å². The van der Waals surface area contributed by atoms with Gasteiger partial charge < -0.3 is 4.74 Å². The van der Waals surface area contributed by atoms with Gasteiger partial charge in [0.1, 0.15) is 12.4 Å². The maximum atomic E-state index is 13.3. The zero-order valence-electron chi connectivity index (χ0n) is 17.8. The third-order valence-corrected chi connectivity index (χ3v) is 5.21. The first-order chi connectivity index (χ1) is 16.3. The summed E-state index contributed by atoms with van der Waals surface area (Å²) in [5, 5.41) is 5.05. The summed E-state index contributed by atoms with van der Waals surface area (Å²) in [5.74, 6) is 1.22. The topological polar surface area (TPSA) is 56.5 Å². The average molecular weight is 431 g/mol. The Morgan fingerprint density at radius 3 is 2.36 bits per heavy atom. The Bertz CT molecular complexity index is 1480. The van der Waals surface area contributed by atoms with Gasteiger partial charge in [-0.25, -0.2) is 4.98 Å². The summed E-state index contributed by atoms with van der Waals surface area (Å²) in [6.45, 7) is 0.480. The number of benzene rings is 4. The number of para-hydroxylation sites is 1. The van der Waals surface area contributed by atoms with E-state index in [-0.39, 0.29) is 5.56 Å². The van der Waals surface area contributed by atoms with Gasteiger partial charge in [-0.05, 0) is 35.4 Å². The van der Waals surface area contributed by atoms with E-state index in [0.717, 1.165) is 22.4 Å². The Labute approximate surface area is 191 Å². The molecule has 0 amide bonds. The van der Waals surface area contributed by atoms with E-state index in [0.29, 0.717) is 23.3 Å². The molecular formula is C28H21N3O2. The molecule has 0 aliphatic rings. The van der Waals surface area contributed by atoms with Crippen molar-refractivity contribution < 1.29 is 4.74 Å². The highest BCUT2D eigenvalue weighted by molar-refractivity contribution is 5.82. The molecule has 0 saturated carbocycles. The van der Waals surface area contributed by atoms with E-state index in [1.165, 1.54) is 4.68 Å². The highest BCUT2D eigenvalue weighted by atomic mass is 16.5. The lowest BCUT2D eigenvalue weighted by molar-refractivity contribution is 0.306. The van der Waals surface area contributed by atoms with Crippen LogP contribution in [0.1, 0.15) is 11.1 Å². The van der Waals surface area contributed by atoms with Gasteiger partial charge in [-0.3, -0.25) is 4.79 Å². The van der Waals surface area contributed by atoms with Crippen LogP contribution in [-0.2, 0) is 6.61 Å². The first-order valence-electron chi connectivity index (χ1n) is 10.7. The quantitative estimate of drug-likeness (QED) is 0.333. The van der Waals surface area contributed by atoms with Crippen molar-refractivity contribution in [1.82, 2.24) is 9.66 Å². The molecule has 0 saturated heterocycles. The molecule has 0 N–H and O–H groups in total. The minimum atomic E-state index is -0.216. The fourth-order valence-electron chi connectivity index (χ4n) is 3.55. The summed E-state index contributed by atoms with van der Waals surface area (Å²) < 4.78 is 7.27. The Kier molecular flexibility index (Phi) is 5.76. The van der Waals surface area contributed by atoms with E-state index in [4.69, 9.17) is 9.72 Å². The van der Waals surface area contributed by atoms with Gasteiger partial charge in [0.15, 0.2) is 5.82 Å². The molecule has 160 valence electrons. The van der Waals surface area contributed by atoms with E-state index >= 15 is 0 Å². The van der Waals surface area contributed by atoms with Gasteiger partial charge in [0.25, 0.3) is 5.56 Å². The third kappa shape index (κ3) is 4.57. The number of aromatic nitrogens is 2. The van der Waals surface area contributed by atoms with Gasteiger partial charge in [-0.2, -0.15) is 9.78 Å². The van der Waals surface area contributed by atoms with Crippen LogP contribution in [0.5, 0.6) is 5.75 Å². The van der Waals surface area contributed by atoms with Crippen molar-refractivity contribution in [3.8, 4) is 17.1 Å². The Hall–Kier alpha value is -4.51. The first-order valence-corrected chi connectivity index (χ1v) is 10.7. The molecule has 0 aliphatic carbocycles. The Balaban J connectivity index is 1.49. The molecule has 5 rings (SSSR count). The molecule has 4 aromatic carbocycles. The average Bonchev–Trinajstić information content (AvgIpc) is 2.88. The number of rotatable bonds is 6. The second kappa shape index (κ2) is 9.32. The van der Waals surface area contributed by atoms with E-state index in [9.17, 15) is 4.79 Å². The summed E-state index contributed by atoms with van der Waals surface area (Å²) in [6, 6.07) is 34.5. The summed E-state index contributed by atoms with van der Waals surface area (Å²) in [5.41, 5.74) is 3.16. The van der Waals surface area contributed by atoms with Crippen molar-refractivity contribution in [1.29, 1.82) is 0 Å². The van der Waals surface area contributed by atoms with Crippen LogP contribution in [0.4, 0.5) is 0 Å². The molecule has 0 radical (unpaired) electrons. The fourth-order valence-corrected chi connectivity index (χ4v) is 3.55. The zero-order chi connectivity index (χ0) is 22.5. The maximum absolute atomic E-state index is 13.3. The predicted molar refractivity (Wildman–Crippen MR) is 132 cm³/mol. The third-order valence-electron chi connectivity index (χ3n) is 5.21. The SMILES string of the molecule is O=c1c2ccccc2nc(-c2ccccc2)n1/N=C/c1cccc(OCc2ccccc2)c1. The number of hydrogen-bond acceptors (Lipinski definition) is 4. The number of nitrogens with zero attached hydrogens (tertiary/aromatic N) is 3. The summed E-state index contributed by atoms with van der Waals surface area (Å²) in [4.78, 5) is 18.0. The van der Waals surface area contributed by atoms with Gasteiger partial charge in [0.2, 0.25) is 0 Å². The molecule has 0 fully saturated rings. The Morgan fingerprint density at radius 2 is 1.55 bits per heavy atom. The van der Waals surface area contributed by atoms with Crippen LogP contribution in [0.25, 0.3) is 22.3 Å². The second-order valence-corrected chi connectivity index (χ2v) is 7.53. The van der Waals surface area contributed by atoms with Crippen molar-refractivity contribution >= 4 is 17.1 Å². The van der Waals surface area contributed by atoms with Crippen molar-refractivity contribution in [3.63, 3.8) is 0 Å². The minimum Gasteiger partial charge on any atom is -0.489 e. The van der Waals surface area contributed by atoms with Crippen LogP contribution < -0.4 is 10.3 Å². The predicted octanol–water partition coefficient (Wildman–Crippen LogP) is 5.52. The van der Waals surface area contributed by atoms with Gasteiger partial charge in [-0.15, -0.1) is 0 Å². The minimum absolute atomic E-state index is 0.216. The lowest BCUT2D eigenvalue weighted by Gasteiger charge is -2.09.